The van der Waals surface area contributed by atoms with Gasteiger partial charge in [0.2, 0.25) is 0 Å². The smallest absolute Gasteiger partial charge is 0.142 e. The minimum Gasteiger partial charge on any atom is -0.383 e. The standard InChI is InChI=1S/C21H16N4/c1-13-3-4-14(2)17(9-13)20-10-18(19(12-23)21(24)25-20)16-7-5-15(11-22)6-8-16/h3-10H,1-2H3,(H2,24,25). The van der Waals surface area contributed by atoms with E-state index in [9.17, 15) is 5.26 Å². The Morgan fingerprint density at radius 3 is 2.24 bits per heavy atom. The maximum absolute atomic E-state index is 9.50. The Bertz CT molecular complexity index is 1040. The lowest BCUT2D eigenvalue weighted by Crippen LogP contribution is -2.00. The largest absolute Gasteiger partial charge is 0.383 e. The zero-order valence-electron chi connectivity index (χ0n) is 14.0. The Kier molecular flexibility index (Phi) is 4.20. The van der Waals surface area contributed by atoms with Crippen LogP contribution in [0.1, 0.15) is 22.3 Å². The summed E-state index contributed by atoms with van der Waals surface area (Å²) in [6, 6.07) is 19.4. The molecule has 4 nitrogen and oxygen atoms in total. The monoisotopic (exact) mass is 324 g/mol. The summed E-state index contributed by atoms with van der Waals surface area (Å²) in [6.45, 7) is 4.05. The molecule has 0 radical (unpaired) electrons. The van der Waals surface area contributed by atoms with Gasteiger partial charge in [-0.05, 0) is 49.2 Å². The molecular formula is C21H16N4. The summed E-state index contributed by atoms with van der Waals surface area (Å²) in [6.07, 6.45) is 0. The van der Waals surface area contributed by atoms with Crippen LogP contribution in [0.15, 0.2) is 48.5 Å². The zero-order chi connectivity index (χ0) is 18.0. The van der Waals surface area contributed by atoms with Gasteiger partial charge in [-0.25, -0.2) is 4.98 Å². The number of aryl methyl sites for hydroxylation is 2. The second-order valence-corrected chi connectivity index (χ2v) is 5.93. The molecule has 0 unspecified atom stereocenters. The molecule has 0 aliphatic heterocycles. The lowest BCUT2D eigenvalue weighted by atomic mass is 9.96. The second-order valence-electron chi connectivity index (χ2n) is 5.93. The summed E-state index contributed by atoms with van der Waals surface area (Å²) < 4.78 is 0. The van der Waals surface area contributed by atoms with Crippen LogP contribution in [0.25, 0.3) is 22.4 Å². The van der Waals surface area contributed by atoms with E-state index in [4.69, 9.17) is 11.0 Å². The quantitative estimate of drug-likeness (QED) is 0.759. The average molecular weight is 324 g/mol. The molecule has 0 bridgehead atoms. The Morgan fingerprint density at radius 2 is 1.60 bits per heavy atom. The molecule has 0 atom stereocenters. The normalized spacial score (nSPS) is 10.1. The van der Waals surface area contributed by atoms with Gasteiger partial charge in [-0.1, -0.05) is 29.8 Å². The van der Waals surface area contributed by atoms with E-state index in [1.54, 1.807) is 12.1 Å². The Hall–Kier alpha value is -3.63. The molecule has 2 aromatic carbocycles. The molecule has 0 fully saturated rings. The highest BCUT2D eigenvalue weighted by atomic mass is 14.8. The molecule has 0 saturated heterocycles. The summed E-state index contributed by atoms with van der Waals surface area (Å²) in [7, 11) is 0. The molecule has 0 spiro atoms. The SMILES string of the molecule is Cc1ccc(C)c(-c2cc(-c3ccc(C#N)cc3)c(C#N)c(N)n2)c1. The third kappa shape index (κ3) is 3.06. The van der Waals surface area contributed by atoms with Crippen molar-refractivity contribution in [2.75, 3.05) is 5.73 Å². The highest BCUT2D eigenvalue weighted by molar-refractivity contribution is 5.81. The van der Waals surface area contributed by atoms with E-state index in [1.807, 2.05) is 44.2 Å². The Morgan fingerprint density at radius 1 is 0.880 bits per heavy atom. The Labute approximate surface area is 146 Å². The average Bonchev–Trinajstić information content (AvgIpc) is 2.63. The van der Waals surface area contributed by atoms with Crippen LogP contribution in [0.3, 0.4) is 0 Å². The molecule has 0 aliphatic carbocycles. The van der Waals surface area contributed by atoms with Crippen molar-refractivity contribution in [2.24, 2.45) is 0 Å². The number of benzene rings is 2. The summed E-state index contributed by atoms with van der Waals surface area (Å²) >= 11 is 0. The van der Waals surface area contributed by atoms with E-state index >= 15 is 0 Å². The van der Waals surface area contributed by atoms with Crippen molar-refractivity contribution in [2.45, 2.75) is 13.8 Å². The maximum atomic E-state index is 9.50. The first-order valence-corrected chi connectivity index (χ1v) is 7.82. The van der Waals surface area contributed by atoms with Gasteiger partial charge in [-0.3, -0.25) is 0 Å². The van der Waals surface area contributed by atoms with Crippen LogP contribution < -0.4 is 5.73 Å². The highest BCUT2D eigenvalue weighted by Gasteiger charge is 2.14. The van der Waals surface area contributed by atoms with Gasteiger partial charge in [0, 0.05) is 11.1 Å². The number of aromatic nitrogens is 1. The molecule has 4 heteroatoms. The van der Waals surface area contributed by atoms with E-state index in [-0.39, 0.29) is 5.82 Å². The van der Waals surface area contributed by atoms with E-state index in [0.717, 1.165) is 33.5 Å². The molecule has 120 valence electrons. The van der Waals surface area contributed by atoms with Gasteiger partial charge in [0.1, 0.15) is 17.5 Å². The second kappa shape index (κ2) is 6.47. The maximum Gasteiger partial charge on any atom is 0.142 e. The van der Waals surface area contributed by atoms with Crippen molar-refractivity contribution in [3.63, 3.8) is 0 Å². The van der Waals surface area contributed by atoms with Crippen LogP contribution >= 0.6 is 0 Å². The molecule has 2 N–H and O–H groups in total. The van der Waals surface area contributed by atoms with Crippen molar-refractivity contribution in [3.05, 3.63) is 70.8 Å². The number of anilines is 1. The molecule has 0 aliphatic rings. The van der Waals surface area contributed by atoms with Crippen LogP contribution in [-0.2, 0) is 0 Å². The lowest BCUT2D eigenvalue weighted by Gasteiger charge is -2.12. The van der Waals surface area contributed by atoms with Crippen LogP contribution in [0, 0.1) is 36.5 Å². The van der Waals surface area contributed by atoms with Gasteiger partial charge in [0.25, 0.3) is 0 Å². The highest BCUT2D eigenvalue weighted by Crippen LogP contribution is 2.32. The molecule has 1 heterocycles. The van der Waals surface area contributed by atoms with Crippen molar-refractivity contribution < 1.29 is 0 Å². The zero-order valence-corrected chi connectivity index (χ0v) is 14.0. The first-order chi connectivity index (χ1) is 12.0. The number of rotatable bonds is 2. The molecular weight excluding hydrogens is 308 g/mol. The van der Waals surface area contributed by atoms with Crippen molar-refractivity contribution >= 4 is 5.82 Å². The number of nitrogens with zero attached hydrogens (tertiary/aromatic N) is 3. The Balaban J connectivity index is 2.24. The molecule has 0 saturated carbocycles. The van der Waals surface area contributed by atoms with Crippen molar-refractivity contribution in [3.8, 4) is 34.5 Å². The van der Waals surface area contributed by atoms with Crippen LogP contribution in [0.5, 0.6) is 0 Å². The van der Waals surface area contributed by atoms with Gasteiger partial charge in [-0.15, -0.1) is 0 Å². The summed E-state index contributed by atoms with van der Waals surface area (Å²) in [5, 5.41) is 18.5. The molecule has 0 amide bonds. The first kappa shape index (κ1) is 16.2. The topological polar surface area (TPSA) is 86.5 Å². The fourth-order valence-electron chi connectivity index (χ4n) is 2.78. The molecule has 25 heavy (non-hydrogen) atoms. The predicted octanol–water partition coefficient (Wildman–Crippen LogP) is 4.36. The van der Waals surface area contributed by atoms with Gasteiger partial charge < -0.3 is 5.73 Å². The van der Waals surface area contributed by atoms with Gasteiger partial charge in [0.05, 0.1) is 17.3 Å². The number of nitrogens with two attached hydrogens (primary N) is 1. The summed E-state index contributed by atoms with van der Waals surface area (Å²) in [4.78, 5) is 4.44. The van der Waals surface area contributed by atoms with Crippen LogP contribution in [-0.4, -0.2) is 4.98 Å². The number of pyridine rings is 1. The first-order valence-electron chi connectivity index (χ1n) is 7.82. The van der Waals surface area contributed by atoms with Crippen LogP contribution in [0.4, 0.5) is 5.82 Å². The van der Waals surface area contributed by atoms with E-state index in [2.05, 4.69) is 23.2 Å². The third-order valence-electron chi connectivity index (χ3n) is 4.15. The predicted molar refractivity (Wildman–Crippen MR) is 98.4 cm³/mol. The van der Waals surface area contributed by atoms with Crippen LogP contribution in [0.2, 0.25) is 0 Å². The lowest BCUT2D eigenvalue weighted by molar-refractivity contribution is 1.28. The minimum atomic E-state index is 0.209. The third-order valence-corrected chi connectivity index (χ3v) is 4.15. The van der Waals surface area contributed by atoms with E-state index < -0.39 is 0 Å². The van der Waals surface area contributed by atoms with Gasteiger partial charge in [-0.2, -0.15) is 10.5 Å². The summed E-state index contributed by atoms with van der Waals surface area (Å²) in [5.74, 6) is 0.209. The fourth-order valence-corrected chi connectivity index (χ4v) is 2.78. The molecule has 3 rings (SSSR count). The number of hydrogen-bond acceptors (Lipinski definition) is 4. The van der Waals surface area contributed by atoms with Crippen molar-refractivity contribution in [1.29, 1.82) is 10.5 Å². The minimum absolute atomic E-state index is 0.209. The van der Waals surface area contributed by atoms with Crippen molar-refractivity contribution in [1.82, 2.24) is 4.98 Å². The number of nitriles is 2. The van der Waals surface area contributed by atoms with E-state index in [0.29, 0.717) is 11.1 Å². The number of hydrogen-bond donors (Lipinski definition) is 1. The fraction of sp³-hybridized carbons (Fsp3) is 0.0952. The van der Waals surface area contributed by atoms with Gasteiger partial charge >= 0.3 is 0 Å². The van der Waals surface area contributed by atoms with Gasteiger partial charge in [0.15, 0.2) is 0 Å². The summed E-state index contributed by atoms with van der Waals surface area (Å²) in [5.41, 5.74) is 12.5. The van der Waals surface area contributed by atoms with E-state index in [1.165, 1.54) is 0 Å². The molecule has 1 aromatic heterocycles. The number of nitrogen functional groups attached to an aromatic ring is 1. The molecule has 3 aromatic rings.